The lowest BCUT2D eigenvalue weighted by Gasteiger charge is -2.42. The lowest BCUT2D eigenvalue weighted by atomic mass is 9.83. The molecular weight excluding hydrogens is 741 g/mol. The third kappa shape index (κ3) is 6.93. The standard InChI is InChI=1S/C38H32BrN3O2P.ClHO4/c39-30-21-19-28(20-22-30)36-40-37(38(44-36)41-24-27-23-29(26-41)34-17-10-18-35(43)42(34)25-27)45(31-11-4-1-5-12-31,32-13-6-2-7-14-32)33-15-8-3-9-16-33;2-1(3,4)5/h1-22,27,29H,23-26H2;(H,2,3,4,5)/q+1;/p-1. The topological polar surface area (TPSA) is 144 Å². The average Bonchev–Trinajstić information content (AvgIpc) is 3.56. The molecule has 2 aliphatic rings. The Balaban J connectivity index is 0.000000734. The summed E-state index contributed by atoms with van der Waals surface area (Å²) in [6, 6.07) is 46.4. The van der Waals surface area contributed by atoms with Crippen molar-refractivity contribution in [3.8, 4) is 11.5 Å². The number of aromatic nitrogens is 2. The molecule has 4 aromatic carbocycles. The van der Waals surface area contributed by atoms with E-state index in [1.54, 1.807) is 6.07 Å². The number of piperidine rings is 1. The van der Waals surface area contributed by atoms with Crippen LogP contribution in [0, 0.1) is 16.2 Å². The molecule has 2 bridgehead atoms. The van der Waals surface area contributed by atoms with Crippen LogP contribution in [0.5, 0.6) is 0 Å². The molecule has 0 radical (unpaired) electrons. The van der Waals surface area contributed by atoms with Crippen molar-refractivity contribution in [2.24, 2.45) is 5.92 Å². The van der Waals surface area contributed by atoms with Crippen LogP contribution in [0.25, 0.3) is 11.5 Å². The number of hydrogen-bond donors (Lipinski definition) is 0. The Labute approximate surface area is 300 Å². The van der Waals surface area contributed by atoms with Crippen LogP contribution in [0.15, 0.2) is 147 Å². The second-order valence-corrected chi connectivity index (χ2v) is 17.3. The van der Waals surface area contributed by atoms with E-state index in [1.165, 1.54) is 15.9 Å². The fraction of sp³-hybridized carbons (Fsp3) is 0.158. The van der Waals surface area contributed by atoms with Gasteiger partial charge in [0.2, 0.25) is 5.89 Å². The molecule has 2 unspecified atom stereocenters. The van der Waals surface area contributed by atoms with Crippen LogP contribution in [0.4, 0.5) is 5.88 Å². The van der Waals surface area contributed by atoms with E-state index in [0.29, 0.717) is 11.8 Å². The fourth-order valence-electron chi connectivity index (χ4n) is 7.28. The van der Waals surface area contributed by atoms with Gasteiger partial charge in [-0.15, -0.1) is 10.2 Å². The first-order chi connectivity index (χ1) is 24.1. The molecule has 0 saturated carbocycles. The predicted octanol–water partition coefficient (Wildman–Crippen LogP) is 1.75. The smallest absolute Gasteiger partial charge is 0.262 e. The van der Waals surface area contributed by atoms with Crippen LogP contribution >= 0.6 is 23.2 Å². The van der Waals surface area contributed by atoms with Crippen molar-refractivity contribution in [2.45, 2.75) is 18.9 Å². The van der Waals surface area contributed by atoms with Gasteiger partial charge in [-0.05, 0) is 79.1 Å². The van der Waals surface area contributed by atoms with Crippen molar-refractivity contribution in [1.82, 2.24) is 9.55 Å². The van der Waals surface area contributed by atoms with E-state index < -0.39 is 17.5 Å². The molecular formula is C38H32BrClN3O6P. The van der Waals surface area contributed by atoms with Crippen molar-refractivity contribution in [2.75, 3.05) is 18.0 Å². The zero-order valence-electron chi connectivity index (χ0n) is 26.7. The number of pyridine rings is 1. The second-order valence-electron chi connectivity index (χ2n) is 12.3. The van der Waals surface area contributed by atoms with Gasteiger partial charge in [-0.25, -0.2) is 18.6 Å². The molecule has 8 rings (SSSR count). The highest BCUT2D eigenvalue weighted by molar-refractivity contribution is 9.10. The maximum atomic E-state index is 12.8. The molecule has 2 aromatic heterocycles. The Kier molecular flexibility index (Phi) is 9.78. The van der Waals surface area contributed by atoms with Crippen molar-refractivity contribution < 1.29 is 33.3 Å². The summed E-state index contributed by atoms with van der Waals surface area (Å²) in [7, 11) is -7.48. The Bertz CT molecular complexity index is 2020. The predicted molar refractivity (Wildman–Crippen MR) is 188 cm³/mol. The molecule has 0 spiro atoms. The lowest BCUT2D eigenvalue weighted by molar-refractivity contribution is -2.00. The lowest BCUT2D eigenvalue weighted by Crippen LogP contribution is -2.68. The Morgan fingerprint density at radius 3 is 1.78 bits per heavy atom. The zero-order valence-corrected chi connectivity index (χ0v) is 29.9. The summed E-state index contributed by atoms with van der Waals surface area (Å²) in [5.41, 5.74) is 3.13. The summed E-state index contributed by atoms with van der Waals surface area (Å²) < 4.78 is 44.0. The summed E-state index contributed by atoms with van der Waals surface area (Å²) >= 11 is 3.59. The van der Waals surface area contributed by atoms with Crippen molar-refractivity contribution in [3.05, 3.63) is 154 Å². The van der Waals surface area contributed by atoms with Crippen molar-refractivity contribution in [1.29, 1.82) is 0 Å². The SMILES string of the molecule is O=c1cccc2n1CC1CC2CN(c2oc(-c3ccc(Br)cc3)nc2[P+](c2ccccc2)(c2ccccc2)c2ccccc2)C1.[O-][Cl+3]([O-])([O-])[O-]. The number of halogens is 2. The molecule has 1 fully saturated rings. The van der Waals surface area contributed by atoms with Gasteiger partial charge in [0.05, 0.1) is 0 Å². The molecule has 4 heterocycles. The number of fused-ring (bicyclic) bond motifs is 4. The largest absolute Gasteiger partial charge is 0.416 e. The highest BCUT2D eigenvalue weighted by Crippen LogP contribution is 2.56. The third-order valence-corrected chi connectivity index (χ3v) is 13.9. The van der Waals surface area contributed by atoms with E-state index in [1.807, 2.05) is 22.8 Å². The average molecular weight is 773 g/mol. The van der Waals surface area contributed by atoms with Gasteiger partial charge >= 0.3 is 0 Å². The number of benzene rings is 4. The summed E-state index contributed by atoms with van der Waals surface area (Å²) in [6.45, 7) is 2.29. The molecule has 0 N–H and O–H groups in total. The van der Waals surface area contributed by atoms with Gasteiger partial charge in [0.1, 0.15) is 15.9 Å². The quantitative estimate of drug-likeness (QED) is 0.233. The number of anilines is 1. The highest BCUT2D eigenvalue weighted by Gasteiger charge is 2.54. The van der Waals surface area contributed by atoms with Crippen molar-refractivity contribution in [3.63, 3.8) is 0 Å². The fourth-order valence-corrected chi connectivity index (χ4v) is 11.7. The van der Waals surface area contributed by atoms with Gasteiger partial charge in [0, 0.05) is 47.3 Å². The summed E-state index contributed by atoms with van der Waals surface area (Å²) in [5, 5.41) is 3.69. The Morgan fingerprint density at radius 2 is 1.24 bits per heavy atom. The summed E-state index contributed by atoms with van der Waals surface area (Å²) in [6.07, 6.45) is 1.07. The number of hydrogen-bond acceptors (Lipinski definition) is 8. The van der Waals surface area contributed by atoms with Crippen LogP contribution in [0.2, 0.25) is 0 Å². The molecule has 12 heteroatoms. The minimum Gasteiger partial charge on any atom is -0.416 e. The van der Waals surface area contributed by atoms with Gasteiger partial charge in [0.25, 0.3) is 16.9 Å². The van der Waals surface area contributed by atoms with Crippen molar-refractivity contribution >= 4 is 50.4 Å². The van der Waals surface area contributed by atoms with E-state index in [2.05, 4.69) is 130 Å². The van der Waals surface area contributed by atoms with Crippen LogP contribution in [-0.4, -0.2) is 22.6 Å². The van der Waals surface area contributed by atoms with E-state index in [0.717, 1.165) is 53.1 Å². The molecule has 2 aliphatic heterocycles. The van der Waals surface area contributed by atoms with Gasteiger partial charge < -0.3 is 13.9 Å². The molecule has 9 nitrogen and oxygen atoms in total. The first kappa shape index (κ1) is 34.3. The first-order valence-corrected chi connectivity index (χ1v) is 19.8. The van der Waals surface area contributed by atoms with Gasteiger partial charge in [-0.1, -0.05) is 76.6 Å². The number of rotatable bonds is 6. The van der Waals surface area contributed by atoms with Crippen LogP contribution < -0.4 is 50.4 Å². The summed E-state index contributed by atoms with van der Waals surface area (Å²) in [4.78, 5) is 20.7. The Hall–Kier alpha value is -4.12. The maximum absolute atomic E-state index is 12.8. The molecule has 50 heavy (non-hydrogen) atoms. The second kappa shape index (κ2) is 14.2. The molecule has 1 saturated heterocycles. The molecule has 2 atom stereocenters. The van der Waals surface area contributed by atoms with Gasteiger partial charge in [-0.2, -0.15) is 4.98 Å². The molecule has 0 amide bonds. The monoisotopic (exact) mass is 771 g/mol. The minimum absolute atomic E-state index is 0.0932. The Morgan fingerprint density at radius 1 is 0.700 bits per heavy atom. The van der Waals surface area contributed by atoms with E-state index in [-0.39, 0.29) is 11.5 Å². The normalized spacial score (nSPS) is 17.0. The molecule has 6 aromatic rings. The first-order valence-electron chi connectivity index (χ1n) is 16.0. The number of oxazole rings is 1. The molecule has 254 valence electrons. The van der Waals surface area contributed by atoms with E-state index in [9.17, 15) is 4.79 Å². The van der Waals surface area contributed by atoms with Crippen LogP contribution in [0.1, 0.15) is 18.0 Å². The van der Waals surface area contributed by atoms with Crippen LogP contribution in [0.3, 0.4) is 0 Å². The number of nitrogens with zero attached hydrogens (tertiary/aromatic N) is 3. The third-order valence-electron chi connectivity index (χ3n) is 9.20. The summed E-state index contributed by atoms with van der Waals surface area (Å²) in [5.74, 6) is 2.02. The van der Waals surface area contributed by atoms with E-state index in [4.69, 9.17) is 28.0 Å². The minimum atomic E-state index is -4.94. The maximum Gasteiger partial charge on any atom is 0.262 e. The highest BCUT2D eigenvalue weighted by atomic mass is 79.9. The van der Waals surface area contributed by atoms with Gasteiger partial charge in [-0.3, -0.25) is 4.79 Å². The molecule has 0 aliphatic carbocycles. The van der Waals surface area contributed by atoms with Gasteiger partial charge in [0.15, 0.2) is 7.26 Å². The van der Waals surface area contributed by atoms with E-state index >= 15 is 0 Å². The van der Waals surface area contributed by atoms with Crippen LogP contribution in [-0.2, 0) is 6.54 Å². The zero-order chi connectivity index (χ0) is 34.9.